The van der Waals surface area contributed by atoms with Crippen molar-refractivity contribution in [3.05, 3.63) is 89.6 Å². The molecule has 0 radical (unpaired) electrons. The summed E-state index contributed by atoms with van der Waals surface area (Å²) in [7, 11) is 0. The third-order valence-corrected chi connectivity index (χ3v) is 7.68. The van der Waals surface area contributed by atoms with Gasteiger partial charge in [-0.2, -0.15) is 0 Å². The molecule has 0 unspecified atom stereocenters. The molecule has 2 heteroatoms. The highest BCUT2D eigenvalue weighted by molar-refractivity contribution is 7.26. The van der Waals surface area contributed by atoms with Crippen LogP contribution in [0, 0.1) is 6.92 Å². The van der Waals surface area contributed by atoms with Crippen molar-refractivity contribution < 1.29 is 0 Å². The molecule has 2 aromatic heterocycles. The highest BCUT2D eigenvalue weighted by Gasteiger charge is 2.35. The minimum absolute atomic E-state index is 0.00636. The molecule has 0 bridgehead atoms. The van der Waals surface area contributed by atoms with Gasteiger partial charge in [0, 0.05) is 42.9 Å². The predicted molar refractivity (Wildman–Crippen MR) is 125 cm³/mol. The smallest absolute Gasteiger partial charge is 0.0719 e. The summed E-state index contributed by atoms with van der Waals surface area (Å²) in [6, 6.07) is 24.3. The van der Waals surface area contributed by atoms with Crippen LogP contribution < -0.4 is 0 Å². The van der Waals surface area contributed by atoms with E-state index in [0.717, 1.165) is 5.69 Å². The van der Waals surface area contributed by atoms with Crippen LogP contribution in [-0.4, -0.2) is 4.98 Å². The van der Waals surface area contributed by atoms with Gasteiger partial charge in [0.25, 0.3) is 0 Å². The van der Waals surface area contributed by atoms with Crippen molar-refractivity contribution >= 4 is 31.5 Å². The van der Waals surface area contributed by atoms with Crippen molar-refractivity contribution in [2.75, 3.05) is 0 Å². The van der Waals surface area contributed by atoms with Crippen molar-refractivity contribution in [2.45, 2.75) is 26.2 Å². The van der Waals surface area contributed by atoms with E-state index in [2.05, 4.69) is 93.7 Å². The summed E-state index contributed by atoms with van der Waals surface area (Å²) in [4.78, 5) is 4.94. The molecule has 0 aliphatic heterocycles. The van der Waals surface area contributed by atoms with Gasteiger partial charge in [0.2, 0.25) is 0 Å². The molecule has 140 valence electrons. The summed E-state index contributed by atoms with van der Waals surface area (Å²) in [6.07, 6.45) is 2.08. The average molecular weight is 392 g/mol. The van der Waals surface area contributed by atoms with Crippen LogP contribution in [0.1, 0.15) is 30.5 Å². The summed E-state index contributed by atoms with van der Waals surface area (Å²) in [5.41, 5.74) is 8.99. The summed E-state index contributed by atoms with van der Waals surface area (Å²) in [6.45, 7) is 6.86. The molecule has 0 saturated carbocycles. The van der Waals surface area contributed by atoms with Gasteiger partial charge in [0.05, 0.1) is 5.69 Å². The fourth-order valence-corrected chi connectivity index (χ4v) is 6.24. The van der Waals surface area contributed by atoms with Gasteiger partial charge in [-0.05, 0) is 41.3 Å². The molecule has 6 rings (SSSR count). The Morgan fingerprint density at radius 1 is 0.793 bits per heavy atom. The van der Waals surface area contributed by atoms with Gasteiger partial charge < -0.3 is 0 Å². The first kappa shape index (κ1) is 16.9. The average Bonchev–Trinajstić information content (AvgIpc) is 3.23. The monoisotopic (exact) mass is 391 g/mol. The fourth-order valence-electron chi connectivity index (χ4n) is 4.94. The first-order valence-corrected chi connectivity index (χ1v) is 10.9. The summed E-state index contributed by atoms with van der Waals surface area (Å²) in [5, 5.41) is 2.72. The second kappa shape index (κ2) is 5.77. The maximum absolute atomic E-state index is 4.94. The molecule has 29 heavy (non-hydrogen) atoms. The number of nitrogens with zero attached hydrogens (tertiary/aromatic N) is 1. The van der Waals surface area contributed by atoms with E-state index in [9.17, 15) is 0 Å². The van der Waals surface area contributed by atoms with Crippen LogP contribution in [0.2, 0.25) is 0 Å². The SMILES string of the molecule is Cc1ccc(-c2cc3c(cn2)-c2ccccc2C3(C)C)c2sc3ccccc3c12. The highest BCUT2D eigenvalue weighted by Crippen LogP contribution is 2.49. The van der Waals surface area contributed by atoms with Crippen molar-refractivity contribution in [3.8, 4) is 22.4 Å². The van der Waals surface area contributed by atoms with E-state index in [4.69, 9.17) is 4.98 Å². The Balaban J connectivity index is 1.63. The molecule has 0 amide bonds. The molecule has 0 N–H and O–H groups in total. The lowest BCUT2D eigenvalue weighted by Gasteiger charge is -2.21. The topological polar surface area (TPSA) is 12.9 Å². The van der Waals surface area contributed by atoms with Gasteiger partial charge in [0.1, 0.15) is 0 Å². The lowest BCUT2D eigenvalue weighted by molar-refractivity contribution is 0.660. The van der Waals surface area contributed by atoms with E-state index in [-0.39, 0.29) is 5.41 Å². The number of benzene rings is 3. The number of hydrogen-bond donors (Lipinski definition) is 0. The van der Waals surface area contributed by atoms with E-state index >= 15 is 0 Å². The maximum atomic E-state index is 4.94. The lowest BCUT2D eigenvalue weighted by atomic mass is 9.82. The Morgan fingerprint density at radius 3 is 2.48 bits per heavy atom. The molecule has 0 saturated heterocycles. The minimum atomic E-state index is -0.00636. The van der Waals surface area contributed by atoms with Gasteiger partial charge in [-0.25, -0.2) is 0 Å². The maximum Gasteiger partial charge on any atom is 0.0719 e. The Bertz CT molecular complexity index is 1440. The second-order valence-electron chi connectivity index (χ2n) is 8.52. The molecule has 1 aliphatic rings. The zero-order valence-electron chi connectivity index (χ0n) is 16.8. The number of rotatable bonds is 1. The molecule has 1 aliphatic carbocycles. The predicted octanol–water partition coefficient (Wildman–Crippen LogP) is 7.73. The quantitative estimate of drug-likeness (QED) is 0.285. The molecule has 2 heterocycles. The first-order chi connectivity index (χ1) is 14.1. The molecular weight excluding hydrogens is 370 g/mol. The number of fused-ring (bicyclic) bond motifs is 6. The van der Waals surface area contributed by atoms with E-state index < -0.39 is 0 Å². The zero-order chi connectivity index (χ0) is 19.8. The summed E-state index contributed by atoms with van der Waals surface area (Å²) >= 11 is 1.88. The number of thiophene rings is 1. The van der Waals surface area contributed by atoms with Gasteiger partial charge in [-0.3, -0.25) is 4.98 Å². The van der Waals surface area contributed by atoms with E-state index in [1.165, 1.54) is 53.6 Å². The van der Waals surface area contributed by atoms with Crippen molar-refractivity contribution in [3.63, 3.8) is 0 Å². The van der Waals surface area contributed by atoms with Crippen LogP contribution in [-0.2, 0) is 5.41 Å². The standard InChI is InChI=1S/C27H21NS/c1-16-12-13-18(26-25(16)19-9-5-7-11-24(19)29-26)23-14-22-20(15-28-23)17-8-4-6-10-21(17)27(22,2)3/h4-15H,1-3H3. The molecule has 0 fully saturated rings. The minimum Gasteiger partial charge on any atom is -0.256 e. The van der Waals surface area contributed by atoms with Crippen LogP contribution in [0.4, 0.5) is 0 Å². The Kier molecular flexibility index (Phi) is 3.37. The Labute approximate surface area is 174 Å². The normalized spacial score (nSPS) is 14.3. The fraction of sp³-hybridized carbons (Fsp3) is 0.148. The molecule has 0 spiro atoms. The molecule has 3 aromatic carbocycles. The number of hydrogen-bond acceptors (Lipinski definition) is 2. The van der Waals surface area contributed by atoms with Crippen LogP contribution >= 0.6 is 11.3 Å². The van der Waals surface area contributed by atoms with Crippen molar-refractivity contribution in [1.82, 2.24) is 4.98 Å². The summed E-state index contributed by atoms with van der Waals surface area (Å²) in [5.74, 6) is 0. The zero-order valence-corrected chi connectivity index (χ0v) is 17.6. The molecule has 1 nitrogen and oxygen atoms in total. The highest BCUT2D eigenvalue weighted by atomic mass is 32.1. The van der Waals surface area contributed by atoms with E-state index in [1.807, 2.05) is 11.3 Å². The lowest BCUT2D eigenvalue weighted by Crippen LogP contribution is -2.15. The summed E-state index contributed by atoms with van der Waals surface area (Å²) < 4.78 is 2.68. The second-order valence-corrected chi connectivity index (χ2v) is 9.57. The van der Waals surface area contributed by atoms with E-state index in [1.54, 1.807) is 0 Å². The van der Waals surface area contributed by atoms with E-state index in [0.29, 0.717) is 0 Å². The molecular formula is C27H21NS. The van der Waals surface area contributed by atoms with Crippen molar-refractivity contribution in [2.24, 2.45) is 0 Å². The van der Waals surface area contributed by atoms with Gasteiger partial charge in [0.15, 0.2) is 0 Å². The van der Waals surface area contributed by atoms with Crippen LogP contribution in [0.3, 0.4) is 0 Å². The Morgan fingerprint density at radius 2 is 1.59 bits per heavy atom. The number of aryl methyl sites for hydroxylation is 1. The van der Waals surface area contributed by atoms with Crippen LogP contribution in [0.25, 0.3) is 42.6 Å². The number of pyridine rings is 1. The van der Waals surface area contributed by atoms with Crippen LogP contribution in [0.5, 0.6) is 0 Å². The number of aromatic nitrogens is 1. The molecule has 5 aromatic rings. The van der Waals surface area contributed by atoms with Gasteiger partial charge in [-0.15, -0.1) is 11.3 Å². The largest absolute Gasteiger partial charge is 0.256 e. The van der Waals surface area contributed by atoms with Crippen LogP contribution in [0.15, 0.2) is 72.9 Å². The van der Waals surface area contributed by atoms with Gasteiger partial charge >= 0.3 is 0 Å². The third kappa shape index (κ3) is 2.24. The van der Waals surface area contributed by atoms with Crippen molar-refractivity contribution in [1.29, 1.82) is 0 Å². The first-order valence-electron chi connectivity index (χ1n) is 10.1. The Hall–Kier alpha value is -2.97. The molecule has 0 atom stereocenters. The third-order valence-electron chi connectivity index (χ3n) is 6.48. The van der Waals surface area contributed by atoms with Gasteiger partial charge in [-0.1, -0.05) is 68.4 Å².